The zero-order chi connectivity index (χ0) is 36.3. The minimum absolute atomic E-state index is 0.0114. The number of carbonyl (C=O) groups is 1. The van der Waals surface area contributed by atoms with E-state index in [-0.39, 0.29) is 63.2 Å². The lowest BCUT2D eigenvalue weighted by molar-refractivity contribution is -0.119. The predicted octanol–water partition coefficient (Wildman–Crippen LogP) is 1.23. The summed E-state index contributed by atoms with van der Waals surface area (Å²) in [5.74, 6) is -0.110. The van der Waals surface area contributed by atoms with Gasteiger partial charge in [-0.25, -0.2) is 0 Å². The van der Waals surface area contributed by atoms with Crippen LogP contribution in [0.15, 0.2) is 41.4 Å². The van der Waals surface area contributed by atoms with Gasteiger partial charge in [0.15, 0.2) is 5.96 Å². The molecule has 0 fully saturated rings. The predicted molar refractivity (Wildman–Crippen MR) is 187 cm³/mol. The molecule has 0 aromatic heterocycles. The molecule has 9 atom stereocenters. The Morgan fingerprint density at radius 3 is 1.58 bits per heavy atom. The Bertz CT molecular complexity index is 932. The third-order valence-corrected chi connectivity index (χ3v) is 7.65. The van der Waals surface area contributed by atoms with Gasteiger partial charge in [0.25, 0.3) is 0 Å². The van der Waals surface area contributed by atoms with Crippen molar-refractivity contribution in [3.63, 3.8) is 0 Å². The Balaban J connectivity index is 4.20. The topological polar surface area (TPSA) is 250 Å². The maximum Gasteiger partial charge on any atom is 0.226 e. The van der Waals surface area contributed by atoms with Crippen LogP contribution in [0.2, 0.25) is 0 Å². The van der Waals surface area contributed by atoms with Gasteiger partial charge in [0.1, 0.15) is 0 Å². The first kappa shape index (κ1) is 45.8. The summed E-state index contributed by atoms with van der Waals surface area (Å²) in [4.78, 5) is 15.8. The van der Waals surface area contributed by atoms with Gasteiger partial charge in [0.2, 0.25) is 5.91 Å². The second-order valence-corrected chi connectivity index (χ2v) is 12.6. The number of guanidine groups is 1. The van der Waals surface area contributed by atoms with Crippen molar-refractivity contribution in [1.82, 2.24) is 5.32 Å². The van der Waals surface area contributed by atoms with Crippen molar-refractivity contribution in [1.29, 1.82) is 0 Å². The molecule has 0 aliphatic carbocycles. The highest BCUT2D eigenvalue weighted by Crippen LogP contribution is 2.13. The van der Waals surface area contributed by atoms with Crippen LogP contribution in [0, 0.1) is 0 Å². The maximum absolute atomic E-state index is 11.7. The van der Waals surface area contributed by atoms with Gasteiger partial charge in [-0.2, -0.15) is 0 Å². The van der Waals surface area contributed by atoms with Crippen molar-refractivity contribution in [2.24, 2.45) is 10.7 Å². The average Bonchev–Trinajstić information content (AvgIpc) is 2.99. The zero-order valence-electron chi connectivity index (χ0n) is 28.9. The van der Waals surface area contributed by atoms with E-state index in [4.69, 9.17) is 5.73 Å². The highest BCUT2D eigenvalue weighted by Gasteiger charge is 2.16. The number of carbonyl (C=O) groups excluding carboxylic acids is 1. The second-order valence-electron chi connectivity index (χ2n) is 12.6. The van der Waals surface area contributed by atoms with Crippen LogP contribution in [-0.2, 0) is 4.79 Å². The van der Waals surface area contributed by atoms with Crippen molar-refractivity contribution in [3.8, 4) is 0 Å². The third kappa shape index (κ3) is 27.7. The lowest BCUT2D eigenvalue weighted by Gasteiger charge is -2.17. The van der Waals surface area contributed by atoms with Crippen LogP contribution >= 0.6 is 0 Å². The molecule has 0 saturated carbocycles. The second kappa shape index (κ2) is 28.6. The van der Waals surface area contributed by atoms with Gasteiger partial charge < -0.3 is 51.7 Å². The number of aliphatic hydroxyl groups excluding tert-OH is 9. The van der Waals surface area contributed by atoms with Gasteiger partial charge in [-0.1, -0.05) is 63.1 Å². The monoisotopic (exact) mass is 687 g/mol. The molecule has 0 radical (unpaired) electrons. The smallest absolute Gasteiger partial charge is 0.226 e. The molecule has 48 heavy (non-hydrogen) atoms. The number of hydrogen-bond donors (Lipinski definition) is 11. The highest BCUT2D eigenvalue weighted by atomic mass is 16.3. The van der Waals surface area contributed by atoms with Crippen molar-refractivity contribution in [2.45, 2.75) is 165 Å². The molecule has 0 rings (SSSR count). The SMILES string of the molecule is CCCCCC(=O)NC(N)=NCCCC(O)CC(O)CC=CC(O)CC(O)CC=CC(O)CC(O)CC(O)CC=CC(O)CC(O)CC. The number of hydrogen-bond acceptors (Lipinski definition) is 11. The number of nitrogens with two attached hydrogens (primary N) is 1. The summed E-state index contributed by atoms with van der Waals surface area (Å²) in [7, 11) is 0. The molecule has 9 unspecified atom stereocenters. The van der Waals surface area contributed by atoms with Crippen LogP contribution in [-0.4, -0.2) is 119 Å². The number of nitrogens with one attached hydrogen (secondary N) is 1. The Morgan fingerprint density at radius 2 is 1.08 bits per heavy atom. The molecule has 13 heteroatoms. The van der Waals surface area contributed by atoms with Crippen molar-refractivity contribution in [3.05, 3.63) is 36.5 Å². The summed E-state index contributed by atoms with van der Waals surface area (Å²) < 4.78 is 0. The Kier molecular flexibility index (Phi) is 27.3. The van der Waals surface area contributed by atoms with Crippen LogP contribution in [0.3, 0.4) is 0 Å². The normalized spacial score (nSPS) is 18.5. The number of aliphatic imine (C=N–C) groups is 1. The van der Waals surface area contributed by atoms with E-state index in [1.165, 1.54) is 18.2 Å². The maximum atomic E-state index is 11.7. The largest absolute Gasteiger partial charge is 0.393 e. The minimum atomic E-state index is -0.993. The molecular formula is C35H65N3O10. The van der Waals surface area contributed by atoms with E-state index in [1.54, 1.807) is 18.2 Å². The molecule has 280 valence electrons. The molecule has 1 amide bonds. The minimum Gasteiger partial charge on any atom is -0.393 e. The fourth-order valence-corrected chi connectivity index (χ4v) is 4.85. The van der Waals surface area contributed by atoms with Crippen LogP contribution < -0.4 is 11.1 Å². The van der Waals surface area contributed by atoms with Crippen LogP contribution in [0.1, 0.15) is 110 Å². The molecule has 13 nitrogen and oxygen atoms in total. The fourth-order valence-electron chi connectivity index (χ4n) is 4.85. The molecule has 0 heterocycles. The van der Waals surface area contributed by atoms with E-state index in [0.29, 0.717) is 32.2 Å². The van der Waals surface area contributed by atoms with E-state index in [9.17, 15) is 50.8 Å². The standard InChI is InChI=1S/C35H65N3O10/c1-3-5-6-18-34(48)38-35(36)37-19-10-17-32(46)22-29(43)13-8-12-27(41)21-28(42)14-9-16-31(45)24-33(47)23-30(44)15-7-11-26(40)20-25(39)4-2/h7-9,11-12,16,25-33,39-47H,3-6,10,13-15,17-24H2,1-2H3,(H3,36,37,38,48). The van der Waals surface area contributed by atoms with Crippen molar-refractivity contribution in [2.75, 3.05) is 6.54 Å². The van der Waals surface area contributed by atoms with Gasteiger partial charge in [-0.3, -0.25) is 15.1 Å². The summed E-state index contributed by atoms with van der Waals surface area (Å²) in [6.45, 7) is 4.21. The van der Waals surface area contributed by atoms with Gasteiger partial charge in [0, 0.05) is 32.2 Å². The van der Waals surface area contributed by atoms with Gasteiger partial charge in [-0.05, 0) is 57.8 Å². The van der Waals surface area contributed by atoms with Gasteiger partial charge >= 0.3 is 0 Å². The average molecular weight is 688 g/mol. The summed E-state index contributed by atoms with van der Waals surface area (Å²) in [6, 6.07) is 0. The molecule has 0 aliphatic rings. The Hall–Kier alpha value is -2.20. The number of aliphatic hydroxyl groups is 9. The van der Waals surface area contributed by atoms with Crippen LogP contribution in [0.4, 0.5) is 0 Å². The molecule has 0 aromatic carbocycles. The summed E-state index contributed by atoms with van der Waals surface area (Å²) in [5.41, 5.74) is 5.71. The van der Waals surface area contributed by atoms with Gasteiger partial charge in [-0.15, -0.1) is 0 Å². The van der Waals surface area contributed by atoms with Gasteiger partial charge in [0.05, 0.1) is 54.9 Å². The number of amides is 1. The van der Waals surface area contributed by atoms with Crippen molar-refractivity contribution < 1.29 is 50.8 Å². The van der Waals surface area contributed by atoms with Crippen LogP contribution in [0.5, 0.6) is 0 Å². The lowest BCUT2D eigenvalue weighted by atomic mass is 10.0. The van der Waals surface area contributed by atoms with Crippen molar-refractivity contribution >= 4 is 11.9 Å². The Labute approximate surface area is 286 Å². The van der Waals surface area contributed by atoms with E-state index in [1.807, 2.05) is 6.92 Å². The van der Waals surface area contributed by atoms with E-state index in [2.05, 4.69) is 17.2 Å². The van der Waals surface area contributed by atoms with E-state index < -0.39 is 54.9 Å². The number of nitrogens with zero attached hydrogens (tertiary/aromatic N) is 1. The first-order valence-corrected chi connectivity index (χ1v) is 17.5. The first-order chi connectivity index (χ1) is 22.7. The summed E-state index contributed by atoms with van der Waals surface area (Å²) in [6.07, 6.45) is 7.16. The molecule has 0 aromatic rings. The quantitative estimate of drug-likeness (QED) is 0.0242. The summed E-state index contributed by atoms with van der Waals surface area (Å²) >= 11 is 0. The Morgan fingerprint density at radius 1 is 0.625 bits per heavy atom. The van der Waals surface area contributed by atoms with E-state index >= 15 is 0 Å². The molecular weight excluding hydrogens is 622 g/mol. The summed E-state index contributed by atoms with van der Waals surface area (Å²) in [5, 5.41) is 93.0. The van der Waals surface area contributed by atoms with E-state index in [0.717, 1.165) is 19.3 Å². The van der Waals surface area contributed by atoms with Crippen LogP contribution in [0.25, 0.3) is 0 Å². The third-order valence-electron chi connectivity index (χ3n) is 7.65. The molecule has 0 bridgehead atoms. The first-order valence-electron chi connectivity index (χ1n) is 17.5. The number of unbranched alkanes of at least 4 members (excludes halogenated alkanes) is 2. The number of rotatable bonds is 28. The lowest BCUT2D eigenvalue weighted by Crippen LogP contribution is -2.36. The zero-order valence-corrected chi connectivity index (χ0v) is 28.9. The molecule has 0 aliphatic heterocycles. The fraction of sp³-hybridized carbons (Fsp3) is 0.771. The highest BCUT2D eigenvalue weighted by molar-refractivity contribution is 5.96. The molecule has 12 N–H and O–H groups in total. The molecule has 0 spiro atoms. The molecule has 0 saturated heterocycles.